The van der Waals surface area contributed by atoms with Crippen LogP contribution in [0.25, 0.3) is 0 Å². The maximum atomic E-state index is 12.0. The summed E-state index contributed by atoms with van der Waals surface area (Å²) in [5, 5.41) is 9.87. The zero-order valence-corrected chi connectivity index (χ0v) is 11.8. The maximum Gasteiger partial charge on any atom is 0.329 e. The lowest BCUT2D eigenvalue weighted by Crippen LogP contribution is -2.50. The minimum absolute atomic E-state index is 0.431. The monoisotopic (exact) mass is 269 g/mol. The Bertz CT molecular complexity index is 566. The fraction of sp³-hybridized carbons (Fsp3) is 0.235. The Morgan fingerprint density at radius 1 is 1.00 bits per heavy atom. The summed E-state index contributed by atoms with van der Waals surface area (Å²) in [5.41, 5.74) is 0.747. The second-order valence-electron chi connectivity index (χ2n) is 5.09. The number of carboxylic acid groups (broad SMARTS) is 1. The molecule has 0 aliphatic carbocycles. The molecule has 2 rings (SSSR count). The van der Waals surface area contributed by atoms with Crippen LogP contribution in [0.3, 0.4) is 0 Å². The number of aliphatic carboxylic acids is 1. The first-order valence-corrected chi connectivity index (χ1v) is 6.57. The van der Waals surface area contributed by atoms with Crippen LogP contribution in [-0.2, 0) is 16.8 Å². The van der Waals surface area contributed by atoms with Crippen molar-refractivity contribution in [2.45, 2.75) is 12.0 Å². The Balaban J connectivity index is 2.52. The lowest BCUT2D eigenvalue weighted by Gasteiger charge is -2.36. The van der Waals surface area contributed by atoms with Gasteiger partial charge in [-0.2, -0.15) is 0 Å². The van der Waals surface area contributed by atoms with Crippen LogP contribution in [0.5, 0.6) is 0 Å². The maximum absolute atomic E-state index is 12.0. The normalized spacial score (nSPS) is 13.9. The molecular formula is C17H19NO2. The van der Waals surface area contributed by atoms with Gasteiger partial charge in [0.2, 0.25) is 0 Å². The third kappa shape index (κ3) is 2.58. The van der Waals surface area contributed by atoms with E-state index in [2.05, 4.69) is 0 Å². The van der Waals surface area contributed by atoms with Crippen molar-refractivity contribution in [1.29, 1.82) is 0 Å². The highest BCUT2D eigenvalue weighted by Gasteiger charge is 2.42. The van der Waals surface area contributed by atoms with Crippen LogP contribution < -0.4 is 0 Å². The SMILES string of the molecule is CN(C)[C@](Cc1ccccc1)(C(=O)O)c1ccccc1. The predicted molar refractivity (Wildman–Crippen MR) is 79.6 cm³/mol. The summed E-state index contributed by atoms with van der Waals surface area (Å²) in [5.74, 6) is -0.836. The summed E-state index contributed by atoms with van der Waals surface area (Å²) in [6.07, 6.45) is 0.431. The molecular weight excluding hydrogens is 250 g/mol. The van der Waals surface area contributed by atoms with E-state index in [-0.39, 0.29) is 0 Å². The summed E-state index contributed by atoms with van der Waals surface area (Å²) in [7, 11) is 3.62. The molecule has 0 spiro atoms. The number of benzene rings is 2. The minimum atomic E-state index is -1.05. The molecule has 0 amide bonds. The fourth-order valence-corrected chi connectivity index (χ4v) is 2.51. The van der Waals surface area contributed by atoms with E-state index < -0.39 is 11.5 Å². The standard InChI is InChI=1S/C17H19NO2/c1-18(2)17(16(19)20,15-11-7-4-8-12-15)13-14-9-5-3-6-10-14/h3-12H,13H2,1-2H3,(H,19,20)/t17-/m0/s1. The van der Waals surface area contributed by atoms with Crippen molar-refractivity contribution in [2.75, 3.05) is 14.1 Å². The average Bonchev–Trinajstić information content (AvgIpc) is 2.46. The summed E-state index contributed by atoms with van der Waals surface area (Å²) in [4.78, 5) is 13.8. The first-order chi connectivity index (χ1) is 9.57. The zero-order valence-electron chi connectivity index (χ0n) is 11.8. The highest BCUT2D eigenvalue weighted by molar-refractivity contribution is 5.81. The van der Waals surface area contributed by atoms with Gasteiger partial charge in [0.25, 0.3) is 0 Å². The van der Waals surface area contributed by atoms with Crippen molar-refractivity contribution >= 4 is 5.97 Å². The molecule has 0 aliphatic heterocycles. The highest BCUT2D eigenvalue weighted by Crippen LogP contribution is 2.31. The second-order valence-corrected chi connectivity index (χ2v) is 5.09. The zero-order chi connectivity index (χ0) is 14.6. The van der Waals surface area contributed by atoms with Gasteiger partial charge in [0, 0.05) is 6.42 Å². The molecule has 0 aromatic heterocycles. The molecule has 0 aliphatic rings. The van der Waals surface area contributed by atoms with E-state index in [0.717, 1.165) is 11.1 Å². The van der Waals surface area contributed by atoms with Crippen LogP contribution >= 0.6 is 0 Å². The van der Waals surface area contributed by atoms with Gasteiger partial charge in [0.05, 0.1) is 0 Å². The molecule has 104 valence electrons. The van der Waals surface area contributed by atoms with Crippen LogP contribution in [0.1, 0.15) is 11.1 Å². The molecule has 0 unspecified atom stereocenters. The van der Waals surface area contributed by atoms with Gasteiger partial charge < -0.3 is 5.11 Å². The summed E-state index contributed by atoms with van der Waals surface area (Å²) in [6.45, 7) is 0. The van der Waals surface area contributed by atoms with Crippen molar-refractivity contribution in [3.05, 3.63) is 71.8 Å². The number of carboxylic acids is 1. The summed E-state index contributed by atoms with van der Waals surface area (Å²) < 4.78 is 0. The van der Waals surface area contributed by atoms with Crippen LogP contribution in [-0.4, -0.2) is 30.1 Å². The van der Waals surface area contributed by atoms with E-state index in [1.165, 1.54) is 0 Å². The van der Waals surface area contributed by atoms with E-state index in [1.54, 1.807) is 4.90 Å². The molecule has 2 aromatic rings. The van der Waals surface area contributed by atoms with E-state index in [9.17, 15) is 9.90 Å². The highest BCUT2D eigenvalue weighted by atomic mass is 16.4. The molecule has 2 aromatic carbocycles. The first-order valence-electron chi connectivity index (χ1n) is 6.57. The van der Waals surface area contributed by atoms with Gasteiger partial charge in [0.1, 0.15) is 5.54 Å². The number of hydrogen-bond acceptors (Lipinski definition) is 2. The molecule has 0 bridgehead atoms. The quantitative estimate of drug-likeness (QED) is 0.907. The van der Waals surface area contributed by atoms with E-state index >= 15 is 0 Å². The number of carbonyl (C=O) groups is 1. The third-order valence-corrected chi connectivity index (χ3v) is 3.67. The number of hydrogen-bond donors (Lipinski definition) is 1. The predicted octanol–water partition coefficient (Wildman–Crippen LogP) is 2.77. The average molecular weight is 269 g/mol. The van der Waals surface area contributed by atoms with Gasteiger partial charge in [-0.3, -0.25) is 4.90 Å². The van der Waals surface area contributed by atoms with Gasteiger partial charge in [-0.05, 0) is 25.2 Å². The molecule has 1 N–H and O–H groups in total. The summed E-state index contributed by atoms with van der Waals surface area (Å²) in [6, 6.07) is 19.1. The first kappa shape index (κ1) is 14.3. The smallest absolute Gasteiger partial charge is 0.329 e. The minimum Gasteiger partial charge on any atom is -0.480 e. The molecule has 0 radical (unpaired) electrons. The van der Waals surface area contributed by atoms with Crippen molar-refractivity contribution in [1.82, 2.24) is 4.90 Å². The third-order valence-electron chi connectivity index (χ3n) is 3.67. The van der Waals surface area contributed by atoms with E-state index in [0.29, 0.717) is 6.42 Å². The van der Waals surface area contributed by atoms with Crippen molar-refractivity contribution in [2.24, 2.45) is 0 Å². The number of rotatable bonds is 5. The Labute approximate surface area is 119 Å². The van der Waals surface area contributed by atoms with Crippen LogP contribution in [0, 0.1) is 0 Å². The van der Waals surface area contributed by atoms with E-state index in [1.807, 2.05) is 74.8 Å². The van der Waals surface area contributed by atoms with Crippen molar-refractivity contribution in [3.8, 4) is 0 Å². The molecule has 0 saturated heterocycles. The number of nitrogens with zero attached hydrogens (tertiary/aromatic N) is 1. The Morgan fingerprint density at radius 3 is 1.95 bits per heavy atom. The molecule has 3 heteroatoms. The molecule has 1 atom stereocenters. The van der Waals surface area contributed by atoms with Crippen LogP contribution in [0.4, 0.5) is 0 Å². The number of likely N-dealkylation sites (N-methyl/N-ethyl adjacent to an activating group) is 1. The topological polar surface area (TPSA) is 40.5 Å². The molecule has 3 nitrogen and oxygen atoms in total. The Morgan fingerprint density at radius 2 is 1.50 bits per heavy atom. The summed E-state index contributed by atoms with van der Waals surface area (Å²) >= 11 is 0. The Kier molecular flexibility index (Phi) is 4.20. The molecule has 0 heterocycles. The van der Waals surface area contributed by atoms with Gasteiger partial charge in [0.15, 0.2) is 0 Å². The largest absolute Gasteiger partial charge is 0.480 e. The van der Waals surface area contributed by atoms with Crippen molar-refractivity contribution < 1.29 is 9.90 Å². The van der Waals surface area contributed by atoms with Gasteiger partial charge in [-0.15, -0.1) is 0 Å². The second kappa shape index (κ2) is 5.88. The van der Waals surface area contributed by atoms with Gasteiger partial charge >= 0.3 is 5.97 Å². The fourth-order valence-electron chi connectivity index (χ4n) is 2.51. The van der Waals surface area contributed by atoms with Gasteiger partial charge in [-0.1, -0.05) is 60.7 Å². The van der Waals surface area contributed by atoms with Crippen molar-refractivity contribution in [3.63, 3.8) is 0 Å². The van der Waals surface area contributed by atoms with E-state index in [4.69, 9.17) is 0 Å². The molecule has 20 heavy (non-hydrogen) atoms. The Hall–Kier alpha value is -2.13. The van der Waals surface area contributed by atoms with Crippen LogP contribution in [0.15, 0.2) is 60.7 Å². The molecule has 0 saturated carbocycles. The van der Waals surface area contributed by atoms with Gasteiger partial charge in [-0.25, -0.2) is 4.79 Å². The molecule has 0 fully saturated rings. The van der Waals surface area contributed by atoms with Crippen LogP contribution in [0.2, 0.25) is 0 Å². The lowest BCUT2D eigenvalue weighted by molar-refractivity contribution is -0.150. The lowest BCUT2D eigenvalue weighted by atomic mass is 9.82.